The van der Waals surface area contributed by atoms with E-state index in [4.69, 9.17) is 4.74 Å². The Bertz CT molecular complexity index is 328. The smallest absolute Gasteiger partial charge is 0.120 e. The quantitative estimate of drug-likeness (QED) is 0.740. The second-order valence-corrected chi connectivity index (χ2v) is 4.31. The summed E-state index contributed by atoms with van der Waals surface area (Å²) in [6, 6.07) is 7.85. The van der Waals surface area contributed by atoms with Crippen LogP contribution < -0.4 is 0 Å². The van der Waals surface area contributed by atoms with Gasteiger partial charge in [0.15, 0.2) is 0 Å². The Morgan fingerprint density at radius 3 is 2.65 bits per heavy atom. The van der Waals surface area contributed by atoms with Crippen molar-refractivity contribution >= 4 is 0 Å². The van der Waals surface area contributed by atoms with E-state index < -0.39 is 0 Å². The van der Waals surface area contributed by atoms with Gasteiger partial charge in [0, 0.05) is 31.9 Å². The Morgan fingerprint density at radius 1 is 1.35 bits per heavy atom. The third kappa shape index (κ3) is 4.02. The van der Waals surface area contributed by atoms with Gasteiger partial charge in [-0.15, -0.1) is 0 Å². The fraction of sp³-hybridized carbons (Fsp3) is 0.571. The summed E-state index contributed by atoms with van der Waals surface area (Å²) in [7, 11) is 3.82. The van der Waals surface area contributed by atoms with Crippen LogP contribution in [0.4, 0.5) is 0 Å². The van der Waals surface area contributed by atoms with Gasteiger partial charge < -0.3 is 9.84 Å². The number of nitrogens with zero attached hydrogens (tertiary/aromatic N) is 1. The van der Waals surface area contributed by atoms with Gasteiger partial charge in [-0.1, -0.05) is 25.1 Å². The maximum absolute atomic E-state index is 9.88. The zero-order valence-corrected chi connectivity index (χ0v) is 11.0. The van der Waals surface area contributed by atoms with Gasteiger partial charge in [-0.05, 0) is 26.0 Å². The summed E-state index contributed by atoms with van der Waals surface area (Å²) < 4.78 is 5.06. The first-order chi connectivity index (χ1) is 8.20. The molecular weight excluding hydrogens is 214 g/mol. The van der Waals surface area contributed by atoms with Crippen LogP contribution in [0.25, 0.3) is 0 Å². The van der Waals surface area contributed by atoms with Crippen molar-refractivity contribution in [1.82, 2.24) is 4.90 Å². The number of para-hydroxylation sites is 1. The van der Waals surface area contributed by atoms with Crippen molar-refractivity contribution in [3.63, 3.8) is 0 Å². The first-order valence-corrected chi connectivity index (χ1v) is 6.17. The molecule has 1 atom stereocenters. The van der Waals surface area contributed by atoms with Gasteiger partial charge in [-0.3, -0.25) is 4.90 Å². The van der Waals surface area contributed by atoms with E-state index in [-0.39, 0.29) is 6.04 Å². The lowest BCUT2D eigenvalue weighted by Gasteiger charge is -2.28. The summed E-state index contributed by atoms with van der Waals surface area (Å²) in [4.78, 5) is 2.27. The molecule has 0 aliphatic rings. The highest BCUT2D eigenvalue weighted by Crippen LogP contribution is 2.29. The highest BCUT2D eigenvalue weighted by atomic mass is 16.5. The Kier molecular flexibility index (Phi) is 6.01. The van der Waals surface area contributed by atoms with Crippen molar-refractivity contribution in [2.75, 3.05) is 27.3 Å². The monoisotopic (exact) mass is 237 g/mol. The van der Waals surface area contributed by atoms with Crippen LogP contribution in [0.15, 0.2) is 24.3 Å². The second-order valence-electron chi connectivity index (χ2n) is 4.31. The highest BCUT2D eigenvalue weighted by Gasteiger charge is 2.17. The normalized spacial score (nSPS) is 12.9. The van der Waals surface area contributed by atoms with Crippen molar-refractivity contribution in [3.05, 3.63) is 29.8 Å². The molecule has 96 valence electrons. The molecule has 3 heteroatoms. The molecule has 1 rings (SSSR count). The van der Waals surface area contributed by atoms with Gasteiger partial charge in [0.1, 0.15) is 5.75 Å². The van der Waals surface area contributed by atoms with Gasteiger partial charge in [-0.25, -0.2) is 0 Å². The number of hydrogen-bond acceptors (Lipinski definition) is 3. The molecule has 0 aromatic heterocycles. The van der Waals surface area contributed by atoms with Crippen molar-refractivity contribution in [3.8, 4) is 5.75 Å². The predicted molar refractivity (Wildman–Crippen MR) is 70.3 cm³/mol. The van der Waals surface area contributed by atoms with Crippen molar-refractivity contribution in [2.45, 2.75) is 25.8 Å². The van der Waals surface area contributed by atoms with E-state index in [1.807, 2.05) is 18.2 Å². The average molecular weight is 237 g/mol. The van der Waals surface area contributed by atoms with E-state index in [1.54, 1.807) is 13.2 Å². The summed E-state index contributed by atoms with van der Waals surface area (Å²) in [5, 5.41) is 9.88. The van der Waals surface area contributed by atoms with Crippen LogP contribution in [0, 0.1) is 0 Å². The third-order valence-electron chi connectivity index (χ3n) is 3.07. The Morgan fingerprint density at radius 2 is 2.06 bits per heavy atom. The number of hydrogen-bond donors (Lipinski definition) is 1. The fourth-order valence-corrected chi connectivity index (χ4v) is 2.15. The second kappa shape index (κ2) is 7.30. The van der Waals surface area contributed by atoms with E-state index in [0.717, 1.165) is 31.6 Å². The number of phenols is 1. The van der Waals surface area contributed by atoms with Crippen LogP contribution in [0.1, 0.15) is 31.4 Å². The van der Waals surface area contributed by atoms with Gasteiger partial charge in [0.25, 0.3) is 0 Å². The molecule has 1 unspecified atom stereocenters. The highest BCUT2D eigenvalue weighted by molar-refractivity contribution is 5.34. The molecule has 0 saturated carbocycles. The molecule has 1 aromatic carbocycles. The largest absolute Gasteiger partial charge is 0.508 e. The number of benzene rings is 1. The van der Waals surface area contributed by atoms with Crippen LogP contribution in [-0.4, -0.2) is 37.3 Å². The van der Waals surface area contributed by atoms with E-state index in [1.165, 1.54) is 0 Å². The maximum atomic E-state index is 9.88. The fourth-order valence-electron chi connectivity index (χ4n) is 2.15. The molecule has 0 heterocycles. The molecule has 0 aliphatic carbocycles. The molecule has 0 aliphatic heterocycles. The molecule has 0 amide bonds. The number of phenolic OH excluding ortho intramolecular Hbond substituents is 1. The summed E-state index contributed by atoms with van der Waals surface area (Å²) in [5.74, 6) is 0.387. The summed E-state index contributed by atoms with van der Waals surface area (Å²) >= 11 is 0. The minimum absolute atomic E-state index is 0.271. The molecule has 1 aromatic rings. The zero-order valence-electron chi connectivity index (χ0n) is 11.0. The number of aromatic hydroxyl groups is 1. The van der Waals surface area contributed by atoms with E-state index in [9.17, 15) is 5.11 Å². The molecule has 0 spiro atoms. The van der Waals surface area contributed by atoms with Crippen LogP contribution in [0.3, 0.4) is 0 Å². The average Bonchev–Trinajstić information content (AvgIpc) is 2.33. The first-order valence-electron chi connectivity index (χ1n) is 6.17. The Hall–Kier alpha value is -1.06. The molecule has 0 saturated heterocycles. The van der Waals surface area contributed by atoms with Crippen LogP contribution in [0.2, 0.25) is 0 Å². The minimum Gasteiger partial charge on any atom is -0.508 e. The molecule has 0 bridgehead atoms. The predicted octanol–water partition coefficient (Wildman–Crippen LogP) is 2.81. The maximum Gasteiger partial charge on any atom is 0.120 e. The van der Waals surface area contributed by atoms with Crippen LogP contribution >= 0.6 is 0 Å². The summed E-state index contributed by atoms with van der Waals surface area (Å²) in [5.41, 5.74) is 1.01. The number of rotatable bonds is 7. The van der Waals surface area contributed by atoms with Crippen LogP contribution in [-0.2, 0) is 4.74 Å². The molecule has 0 fully saturated rings. The van der Waals surface area contributed by atoms with E-state index >= 15 is 0 Å². The van der Waals surface area contributed by atoms with Gasteiger partial charge in [-0.2, -0.15) is 0 Å². The van der Waals surface area contributed by atoms with Crippen LogP contribution in [0.5, 0.6) is 5.75 Å². The van der Waals surface area contributed by atoms with Gasteiger partial charge >= 0.3 is 0 Å². The lowest BCUT2D eigenvalue weighted by atomic mass is 10.0. The Labute approximate surface area is 104 Å². The zero-order chi connectivity index (χ0) is 12.7. The van der Waals surface area contributed by atoms with E-state index in [2.05, 4.69) is 18.9 Å². The third-order valence-corrected chi connectivity index (χ3v) is 3.07. The van der Waals surface area contributed by atoms with E-state index in [0.29, 0.717) is 5.75 Å². The van der Waals surface area contributed by atoms with Crippen molar-refractivity contribution in [1.29, 1.82) is 0 Å². The lowest BCUT2D eigenvalue weighted by molar-refractivity contribution is 0.163. The molecule has 1 N–H and O–H groups in total. The SMILES string of the molecule is CCC(c1ccccc1O)N(C)CCCOC. The number of ether oxygens (including phenoxy) is 1. The van der Waals surface area contributed by atoms with Gasteiger partial charge in [0.05, 0.1) is 0 Å². The Balaban J connectivity index is 2.67. The molecular formula is C14H23NO2. The molecule has 3 nitrogen and oxygen atoms in total. The summed E-state index contributed by atoms with van der Waals surface area (Å²) in [6.07, 6.45) is 2.00. The van der Waals surface area contributed by atoms with Crippen molar-refractivity contribution < 1.29 is 9.84 Å². The standard InChI is InChI=1S/C14H23NO2/c1-4-13(15(2)10-7-11-17-3)12-8-5-6-9-14(12)16/h5-6,8-9,13,16H,4,7,10-11H2,1-3H3. The molecule has 0 radical (unpaired) electrons. The first kappa shape index (κ1) is 14.0. The molecule has 17 heavy (non-hydrogen) atoms. The minimum atomic E-state index is 0.271. The van der Waals surface area contributed by atoms with Crippen molar-refractivity contribution in [2.24, 2.45) is 0 Å². The van der Waals surface area contributed by atoms with Gasteiger partial charge in [0.2, 0.25) is 0 Å². The summed E-state index contributed by atoms with van der Waals surface area (Å²) in [6.45, 7) is 3.89. The topological polar surface area (TPSA) is 32.7 Å². The lowest BCUT2D eigenvalue weighted by Crippen LogP contribution is -2.26. The number of methoxy groups -OCH3 is 1.